The Morgan fingerprint density at radius 2 is 2.17 bits per heavy atom. The van der Waals surface area contributed by atoms with Crippen molar-refractivity contribution in [1.29, 1.82) is 0 Å². The van der Waals surface area contributed by atoms with Gasteiger partial charge in [-0.15, -0.1) is 0 Å². The molecular weight excluding hydrogens is 230 g/mol. The number of nitrogens with one attached hydrogen (secondary N) is 1. The molecule has 98 valence electrons. The zero-order valence-corrected chi connectivity index (χ0v) is 10.6. The molecule has 2 rings (SSSR count). The van der Waals surface area contributed by atoms with Crippen LogP contribution in [0.5, 0.6) is 0 Å². The molecule has 2 atom stereocenters. The predicted molar refractivity (Wildman–Crippen MR) is 67.1 cm³/mol. The van der Waals surface area contributed by atoms with Crippen LogP contribution in [0.1, 0.15) is 41.9 Å². The van der Waals surface area contributed by atoms with Crippen LogP contribution in [-0.2, 0) is 0 Å². The summed E-state index contributed by atoms with van der Waals surface area (Å²) in [5, 5.41) is 12.6. The van der Waals surface area contributed by atoms with Gasteiger partial charge >= 0.3 is 0 Å². The first kappa shape index (κ1) is 13.0. The van der Waals surface area contributed by atoms with Crippen LogP contribution in [0.25, 0.3) is 0 Å². The van der Waals surface area contributed by atoms with Gasteiger partial charge in [0.05, 0.1) is 18.0 Å². The number of aryl methyl sites for hydroxylation is 1. The molecule has 1 fully saturated rings. The third-order valence-corrected chi connectivity index (χ3v) is 3.41. The van der Waals surface area contributed by atoms with Crippen molar-refractivity contribution in [2.75, 3.05) is 6.54 Å². The van der Waals surface area contributed by atoms with E-state index in [-0.39, 0.29) is 17.9 Å². The van der Waals surface area contributed by atoms with Crippen molar-refractivity contribution in [2.45, 2.75) is 38.7 Å². The molecule has 0 spiro atoms. The van der Waals surface area contributed by atoms with Crippen LogP contribution in [-0.4, -0.2) is 33.6 Å². The molecule has 0 saturated heterocycles. The molecule has 0 aliphatic heterocycles. The van der Waals surface area contributed by atoms with Crippen molar-refractivity contribution in [3.8, 4) is 0 Å². The summed E-state index contributed by atoms with van der Waals surface area (Å²) in [4.78, 5) is 19.9. The van der Waals surface area contributed by atoms with E-state index in [1.807, 2.05) is 6.92 Å². The molecule has 1 aromatic rings. The van der Waals surface area contributed by atoms with Gasteiger partial charge in [-0.2, -0.15) is 0 Å². The Morgan fingerprint density at radius 3 is 2.83 bits per heavy atom. The highest BCUT2D eigenvalue weighted by molar-refractivity contribution is 5.91. The van der Waals surface area contributed by atoms with E-state index in [4.69, 9.17) is 0 Å². The summed E-state index contributed by atoms with van der Waals surface area (Å²) in [7, 11) is 0. The highest BCUT2D eigenvalue weighted by Gasteiger charge is 2.23. The van der Waals surface area contributed by atoms with Crippen molar-refractivity contribution in [1.82, 2.24) is 15.3 Å². The van der Waals surface area contributed by atoms with E-state index >= 15 is 0 Å². The maximum atomic E-state index is 11.8. The molecule has 1 heterocycles. The fourth-order valence-electron chi connectivity index (χ4n) is 2.25. The second-order valence-corrected chi connectivity index (χ2v) is 4.86. The van der Waals surface area contributed by atoms with E-state index in [2.05, 4.69) is 15.3 Å². The largest absolute Gasteiger partial charge is 0.393 e. The second kappa shape index (κ2) is 5.91. The summed E-state index contributed by atoms with van der Waals surface area (Å²) >= 11 is 0. The topological polar surface area (TPSA) is 75.1 Å². The van der Waals surface area contributed by atoms with Crippen molar-refractivity contribution in [3.63, 3.8) is 0 Å². The Balaban J connectivity index is 1.86. The number of carbonyl (C=O) groups excluding carboxylic acids is 1. The van der Waals surface area contributed by atoms with Crippen LogP contribution in [0, 0.1) is 12.8 Å². The standard InChI is InChI=1S/C13H19N3O2/c1-9-6-15-11(8-14-9)13(18)16-7-10-4-2-3-5-12(10)17/h6,8,10,12,17H,2-5,7H2,1H3,(H,16,18). The minimum absolute atomic E-state index is 0.168. The summed E-state index contributed by atoms with van der Waals surface area (Å²) in [6.07, 6.45) is 6.78. The monoisotopic (exact) mass is 249 g/mol. The van der Waals surface area contributed by atoms with Gasteiger partial charge in [-0.1, -0.05) is 12.8 Å². The van der Waals surface area contributed by atoms with Gasteiger partial charge in [-0.05, 0) is 19.8 Å². The Bertz CT molecular complexity index is 405. The molecule has 1 amide bonds. The molecule has 5 nitrogen and oxygen atoms in total. The van der Waals surface area contributed by atoms with Gasteiger partial charge < -0.3 is 10.4 Å². The fourth-order valence-corrected chi connectivity index (χ4v) is 2.25. The fraction of sp³-hybridized carbons (Fsp3) is 0.615. The normalized spacial score (nSPS) is 23.7. The molecule has 1 aromatic heterocycles. The van der Waals surface area contributed by atoms with Gasteiger partial charge in [0.15, 0.2) is 0 Å². The van der Waals surface area contributed by atoms with Crippen LogP contribution in [0.4, 0.5) is 0 Å². The van der Waals surface area contributed by atoms with Crippen LogP contribution in [0.15, 0.2) is 12.4 Å². The van der Waals surface area contributed by atoms with E-state index < -0.39 is 0 Å². The Labute approximate surface area is 107 Å². The summed E-state index contributed by atoms with van der Waals surface area (Å²) < 4.78 is 0. The molecule has 1 aliphatic rings. The second-order valence-electron chi connectivity index (χ2n) is 4.86. The van der Waals surface area contributed by atoms with E-state index in [1.165, 1.54) is 6.20 Å². The Hall–Kier alpha value is -1.49. The lowest BCUT2D eigenvalue weighted by Gasteiger charge is -2.27. The van der Waals surface area contributed by atoms with Crippen molar-refractivity contribution >= 4 is 5.91 Å². The van der Waals surface area contributed by atoms with Gasteiger partial charge in [0.2, 0.25) is 0 Å². The minimum atomic E-state index is -0.289. The van der Waals surface area contributed by atoms with Crippen LogP contribution < -0.4 is 5.32 Å². The van der Waals surface area contributed by atoms with Crippen molar-refractivity contribution < 1.29 is 9.90 Å². The van der Waals surface area contributed by atoms with Gasteiger partial charge in [0, 0.05) is 18.7 Å². The first-order valence-electron chi connectivity index (χ1n) is 6.41. The number of hydrogen-bond donors (Lipinski definition) is 2. The number of hydrogen-bond acceptors (Lipinski definition) is 4. The first-order chi connectivity index (χ1) is 8.66. The van der Waals surface area contributed by atoms with Crippen LogP contribution in [0.2, 0.25) is 0 Å². The smallest absolute Gasteiger partial charge is 0.271 e. The Kier molecular flexibility index (Phi) is 4.25. The highest BCUT2D eigenvalue weighted by atomic mass is 16.3. The van der Waals surface area contributed by atoms with E-state index in [1.54, 1.807) is 6.20 Å². The van der Waals surface area contributed by atoms with Crippen LogP contribution in [0.3, 0.4) is 0 Å². The van der Waals surface area contributed by atoms with E-state index in [9.17, 15) is 9.90 Å². The predicted octanol–water partition coefficient (Wildman–Crippen LogP) is 1.07. The molecular formula is C13H19N3O2. The lowest BCUT2D eigenvalue weighted by Crippen LogP contribution is -2.37. The molecule has 5 heteroatoms. The minimum Gasteiger partial charge on any atom is -0.393 e. The average Bonchev–Trinajstić information content (AvgIpc) is 2.38. The molecule has 1 saturated carbocycles. The number of amides is 1. The van der Waals surface area contributed by atoms with Gasteiger partial charge in [0.25, 0.3) is 5.91 Å². The molecule has 0 bridgehead atoms. The summed E-state index contributed by atoms with van der Waals surface area (Å²) in [5.74, 6) is -0.0543. The van der Waals surface area contributed by atoms with Crippen LogP contribution >= 0.6 is 0 Å². The number of rotatable bonds is 3. The summed E-state index contributed by atoms with van der Waals surface area (Å²) in [5.41, 5.74) is 1.11. The maximum Gasteiger partial charge on any atom is 0.271 e. The van der Waals surface area contributed by atoms with Gasteiger partial charge in [-0.25, -0.2) is 4.98 Å². The average molecular weight is 249 g/mol. The number of carbonyl (C=O) groups is 1. The van der Waals surface area contributed by atoms with Gasteiger partial charge in [0.1, 0.15) is 5.69 Å². The molecule has 18 heavy (non-hydrogen) atoms. The quantitative estimate of drug-likeness (QED) is 0.840. The molecule has 1 aliphatic carbocycles. The van der Waals surface area contributed by atoms with Crippen molar-refractivity contribution in [2.24, 2.45) is 5.92 Å². The third kappa shape index (κ3) is 3.26. The summed E-state index contributed by atoms with van der Waals surface area (Å²) in [6.45, 7) is 2.34. The van der Waals surface area contributed by atoms with E-state index in [0.29, 0.717) is 12.2 Å². The molecule has 0 radical (unpaired) electrons. The number of nitrogens with zero attached hydrogens (tertiary/aromatic N) is 2. The lowest BCUT2D eigenvalue weighted by molar-refractivity contribution is 0.0661. The third-order valence-electron chi connectivity index (χ3n) is 3.41. The van der Waals surface area contributed by atoms with Gasteiger partial charge in [-0.3, -0.25) is 9.78 Å². The number of aromatic nitrogens is 2. The highest BCUT2D eigenvalue weighted by Crippen LogP contribution is 2.23. The first-order valence-corrected chi connectivity index (χ1v) is 6.41. The maximum absolute atomic E-state index is 11.8. The van der Waals surface area contributed by atoms with Crippen molar-refractivity contribution in [3.05, 3.63) is 23.8 Å². The SMILES string of the molecule is Cc1cnc(C(=O)NCC2CCCCC2O)cn1. The molecule has 0 aromatic carbocycles. The number of aliphatic hydroxyl groups is 1. The zero-order valence-electron chi connectivity index (χ0n) is 10.6. The number of aliphatic hydroxyl groups excluding tert-OH is 1. The Morgan fingerprint density at radius 1 is 1.39 bits per heavy atom. The zero-order chi connectivity index (χ0) is 13.0. The molecule has 2 unspecified atom stereocenters. The molecule has 2 N–H and O–H groups in total. The van der Waals surface area contributed by atoms with E-state index in [0.717, 1.165) is 31.4 Å². The summed E-state index contributed by atoms with van der Waals surface area (Å²) in [6, 6.07) is 0. The lowest BCUT2D eigenvalue weighted by atomic mass is 9.86.